The molecule has 0 bridgehead atoms. The molecule has 6 nitrogen and oxygen atoms in total. The highest BCUT2D eigenvalue weighted by Crippen LogP contribution is 2.24. The Morgan fingerprint density at radius 1 is 1.00 bits per heavy atom. The maximum absolute atomic E-state index is 13.0. The molecule has 1 aliphatic rings. The molecule has 0 N–H and O–H groups in total. The molecule has 0 unspecified atom stereocenters. The van der Waals surface area contributed by atoms with Crippen LogP contribution in [0.2, 0.25) is 0 Å². The first kappa shape index (κ1) is 21.3. The van der Waals surface area contributed by atoms with E-state index in [-0.39, 0.29) is 23.7 Å². The van der Waals surface area contributed by atoms with E-state index >= 15 is 0 Å². The van der Waals surface area contributed by atoms with E-state index < -0.39 is 16.0 Å². The van der Waals surface area contributed by atoms with Crippen molar-refractivity contribution in [2.75, 3.05) is 26.3 Å². The number of carbonyl (C=O) groups is 1. The highest BCUT2D eigenvalue weighted by molar-refractivity contribution is 7.89. The summed E-state index contributed by atoms with van der Waals surface area (Å²) in [4.78, 5) is 12.6. The summed E-state index contributed by atoms with van der Waals surface area (Å²) < 4.78 is 38.4. The predicted molar refractivity (Wildman–Crippen MR) is 111 cm³/mol. The first-order chi connectivity index (χ1) is 13.9. The number of esters is 1. The van der Waals surface area contributed by atoms with Crippen molar-refractivity contribution in [3.63, 3.8) is 0 Å². The summed E-state index contributed by atoms with van der Waals surface area (Å²) in [6.07, 6.45) is 2.69. The van der Waals surface area contributed by atoms with Crippen molar-refractivity contribution in [2.45, 2.75) is 38.0 Å². The van der Waals surface area contributed by atoms with E-state index in [4.69, 9.17) is 9.47 Å². The summed E-state index contributed by atoms with van der Waals surface area (Å²) in [7, 11) is -3.72. The van der Waals surface area contributed by atoms with Crippen LogP contribution >= 0.6 is 0 Å². The molecule has 7 heteroatoms. The van der Waals surface area contributed by atoms with Crippen LogP contribution in [-0.4, -0.2) is 45.0 Å². The molecular weight excluding hydrogens is 390 g/mol. The van der Waals surface area contributed by atoms with Crippen molar-refractivity contribution in [1.29, 1.82) is 0 Å². The van der Waals surface area contributed by atoms with Gasteiger partial charge in [-0.05, 0) is 56.0 Å². The van der Waals surface area contributed by atoms with Crippen LogP contribution in [0, 0.1) is 13.8 Å². The molecule has 2 aromatic carbocycles. The Hall–Kier alpha value is -2.38. The fraction of sp³-hybridized carbons (Fsp3) is 0.409. The van der Waals surface area contributed by atoms with Crippen molar-refractivity contribution >= 4 is 16.0 Å². The van der Waals surface area contributed by atoms with E-state index in [1.807, 2.05) is 32.0 Å². The molecule has 0 aliphatic carbocycles. The molecule has 29 heavy (non-hydrogen) atoms. The van der Waals surface area contributed by atoms with Crippen molar-refractivity contribution in [3.05, 3.63) is 59.2 Å². The van der Waals surface area contributed by atoms with Crippen molar-refractivity contribution in [3.8, 4) is 5.75 Å². The summed E-state index contributed by atoms with van der Waals surface area (Å²) in [5.41, 5.74) is 2.14. The van der Waals surface area contributed by atoms with Gasteiger partial charge in [-0.3, -0.25) is 0 Å². The molecule has 2 aromatic rings. The zero-order chi connectivity index (χ0) is 20.9. The Kier molecular flexibility index (Phi) is 6.92. The third-order valence-corrected chi connectivity index (χ3v) is 6.91. The number of ether oxygens (including phenoxy) is 2. The monoisotopic (exact) mass is 417 g/mol. The maximum atomic E-state index is 13.0. The third kappa shape index (κ3) is 5.16. The second-order valence-corrected chi connectivity index (χ2v) is 9.12. The Morgan fingerprint density at radius 2 is 1.72 bits per heavy atom. The summed E-state index contributed by atoms with van der Waals surface area (Å²) in [5.74, 6) is 0.0832. The average Bonchev–Trinajstić information content (AvgIpc) is 2.74. The first-order valence-electron chi connectivity index (χ1n) is 9.86. The van der Waals surface area contributed by atoms with Gasteiger partial charge in [0.05, 0.1) is 10.5 Å². The van der Waals surface area contributed by atoms with Gasteiger partial charge in [-0.2, -0.15) is 4.31 Å². The molecule has 0 spiro atoms. The second-order valence-electron chi connectivity index (χ2n) is 7.21. The standard InChI is InChI=1S/C22H27NO5S/c1-17-10-11-18(2)20(16-17)27-14-15-28-22(24)19-8-4-5-9-21(19)29(25,26)23-12-6-3-7-13-23/h4-5,8-11,16H,3,6-7,12-15H2,1-2H3. The van der Waals surface area contributed by atoms with Crippen LogP contribution in [0.4, 0.5) is 0 Å². The Balaban J connectivity index is 1.65. The van der Waals surface area contributed by atoms with E-state index in [9.17, 15) is 13.2 Å². The highest BCUT2D eigenvalue weighted by Gasteiger charge is 2.30. The highest BCUT2D eigenvalue weighted by atomic mass is 32.2. The Morgan fingerprint density at radius 3 is 2.48 bits per heavy atom. The zero-order valence-corrected chi connectivity index (χ0v) is 17.7. The molecule has 3 rings (SSSR count). The van der Waals surface area contributed by atoms with Crippen molar-refractivity contribution < 1.29 is 22.7 Å². The number of nitrogens with zero attached hydrogens (tertiary/aromatic N) is 1. The largest absolute Gasteiger partial charge is 0.490 e. The van der Waals surface area contributed by atoms with Gasteiger partial charge >= 0.3 is 5.97 Å². The normalized spacial score (nSPS) is 15.1. The van der Waals surface area contributed by atoms with E-state index in [1.54, 1.807) is 12.1 Å². The number of hydrogen-bond acceptors (Lipinski definition) is 5. The van der Waals surface area contributed by atoms with Gasteiger partial charge in [-0.15, -0.1) is 0 Å². The lowest BCUT2D eigenvalue weighted by Crippen LogP contribution is -2.36. The lowest BCUT2D eigenvalue weighted by atomic mass is 10.1. The minimum atomic E-state index is -3.72. The van der Waals surface area contributed by atoms with Gasteiger partial charge in [0.1, 0.15) is 19.0 Å². The maximum Gasteiger partial charge on any atom is 0.339 e. The quantitative estimate of drug-likeness (QED) is 0.507. The molecule has 156 valence electrons. The number of benzene rings is 2. The van der Waals surface area contributed by atoms with E-state index in [1.165, 1.54) is 16.4 Å². The average molecular weight is 418 g/mol. The smallest absolute Gasteiger partial charge is 0.339 e. The van der Waals surface area contributed by atoms with Crippen molar-refractivity contribution in [2.24, 2.45) is 0 Å². The van der Waals surface area contributed by atoms with Crippen LogP contribution in [0.25, 0.3) is 0 Å². The van der Waals surface area contributed by atoms with E-state index in [2.05, 4.69) is 0 Å². The lowest BCUT2D eigenvalue weighted by Gasteiger charge is -2.26. The molecule has 1 fully saturated rings. The molecule has 0 radical (unpaired) electrons. The minimum absolute atomic E-state index is 0.00217. The van der Waals surface area contributed by atoms with Crippen molar-refractivity contribution in [1.82, 2.24) is 4.31 Å². The van der Waals surface area contributed by atoms with Gasteiger partial charge in [-0.25, -0.2) is 13.2 Å². The van der Waals surface area contributed by atoms with Crippen LogP contribution in [0.1, 0.15) is 40.7 Å². The number of carbonyl (C=O) groups excluding carboxylic acids is 1. The predicted octanol–water partition coefficient (Wildman–Crippen LogP) is 3.71. The van der Waals surface area contributed by atoms with Crippen LogP contribution in [0.3, 0.4) is 0 Å². The summed E-state index contributed by atoms with van der Waals surface area (Å²) in [6, 6.07) is 12.1. The van der Waals surface area contributed by atoms with Crippen LogP contribution in [0.15, 0.2) is 47.4 Å². The van der Waals surface area contributed by atoms with Crippen LogP contribution in [0.5, 0.6) is 5.75 Å². The molecule has 0 amide bonds. The fourth-order valence-electron chi connectivity index (χ4n) is 3.33. The molecular formula is C22H27NO5S. The fourth-order valence-corrected chi connectivity index (χ4v) is 5.03. The lowest BCUT2D eigenvalue weighted by molar-refractivity contribution is 0.0445. The van der Waals surface area contributed by atoms with E-state index in [0.29, 0.717) is 13.1 Å². The number of piperidine rings is 1. The van der Waals surface area contributed by atoms with Crippen LogP contribution in [-0.2, 0) is 14.8 Å². The summed E-state index contributed by atoms with van der Waals surface area (Å²) >= 11 is 0. The molecule has 0 aromatic heterocycles. The molecule has 0 atom stereocenters. The molecule has 1 aliphatic heterocycles. The van der Waals surface area contributed by atoms with Crippen LogP contribution < -0.4 is 4.74 Å². The first-order valence-corrected chi connectivity index (χ1v) is 11.3. The molecule has 1 heterocycles. The van der Waals surface area contributed by atoms with Gasteiger partial charge in [0.25, 0.3) is 0 Å². The SMILES string of the molecule is Cc1ccc(C)c(OCCOC(=O)c2ccccc2S(=O)(=O)N2CCCCC2)c1. The second kappa shape index (κ2) is 9.41. The number of aryl methyl sites for hydroxylation is 2. The Labute approximate surface area is 172 Å². The van der Waals surface area contributed by atoms with E-state index in [0.717, 1.165) is 36.1 Å². The topological polar surface area (TPSA) is 72.9 Å². The number of hydrogen-bond donors (Lipinski definition) is 0. The Bertz CT molecular complexity index is 965. The van der Waals surface area contributed by atoms with Gasteiger partial charge in [0.2, 0.25) is 10.0 Å². The summed E-state index contributed by atoms with van der Waals surface area (Å²) in [5, 5.41) is 0. The summed E-state index contributed by atoms with van der Waals surface area (Å²) in [6.45, 7) is 5.11. The van der Waals surface area contributed by atoms with Gasteiger partial charge < -0.3 is 9.47 Å². The minimum Gasteiger partial charge on any atom is -0.490 e. The van der Waals surface area contributed by atoms with Gasteiger partial charge in [0, 0.05) is 13.1 Å². The third-order valence-electron chi connectivity index (χ3n) is 4.96. The molecule has 1 saturated heterocycles. The number of sulfonamides is 1. The number of rotatable bonds is 7. The molecule has 0 saturated carbocycles. The zero-order valence-electron chi connectivity index (χ0n) is 16.9. The van der Waals surface area contributed by atoms with Gasteiger partial charge in [0.15, 0.2) is 0 Å². The van der Waals surface area contributed by atoms with Gasteiger partial charge in [-0.1, -0.05) is 30.7 Å².